The first-order valence-electron chi connectivity index (χ1n) is 7.36. The molecule has 0 fully saturated rings. The second-order valence-corrected chi connectivity index (χ2v) is 6.43. The third kappa shape index (κ3) is 5.02. The van der Waals surface area contributed by atoms with Gasteiger partial charge in [0.25, 0.3) is 0 Å². The van der Waals surface area contributed by atoms with Crippen LogP contribution in [-0.2, 0) is 10.3 Å². The van der Waals surface area contributed by atoms with Gasteiger partial charge in [0.05, 0.1) is 0 Å². The zero-order valence-corrected chi connectivity index (χ0v) is 13.7. The molecule has 2 atom stereocenters. The van der Waals surface area contributed by atoms with E-state index in [1.165, 1.54) is 0 Å². The van der Waals surface area contributed by atoms with Crippen LogP contribution in [0.25, 0.3) is 0 Å². The van der Waals surface area contributed by atoms with Crippen LogP contribution in [0.2, 0.25) is 0 Å². The number of thioether (sulfide) groups is 1. The van der Waals surface area contributed by atoms with Crippen molar-refractivity contribution in [2.75, 3.05) is 24.7 Å². The van der Waals surface area contributed by atoms with Crippen LogP contribution in [0.1, 0.15) is 25.8 Å². The van der Waals surface area contributed by atoms with Crippen LogP contribution >= 0.6 is 11.8 Å². The van der Waals surface area contributed by atoms with E-state index >= 15 is 0 Å². The SMILES string of the molecule is CCNC(CCSCC(C)CO)(C(N)=O)c1ccccc1. The molecule has 4 nitrogen and oxygen atoms in total. The molecule has 0 aliphatic carbocycles. The molecule has 21 heavy (non-hydrogen) atoms. The average Bonchev–Trinajstić information content (AvgIpc) is 2.50. The smallest absolute Gasteiger partial charge is 0.242 e. The van der Waals surface area contributed by atoms with E-state index in [0.717, 1.165) is 17.1 Å². The normalized spacial score (nSPS) is 15.4. The fourth-order valence-corrected chi connectivity index (χ4v) is 3.40. The molecule has 0 saturated heterocycles. The van der Waals surface area contributed by atoms with Gasteiger partial charge in [-0.25, -0.2) is 0 Å². The summed E-state index contributed by atoms with van der Waals surface area (Å²) in [4.78, 5) is 12.1. The number of carbonyl (C=O) groups excluding carboxylic acids is 1. The van der Waals surface area contributed by atoms with Gasteiger partial charge in [-0.1, -0.05) is 44.2 Å². The molecule has 1 aromatic rings. The highest BCUT2D eigenvalue weighted by atomic mass is 32.2. The summed E-state index contributed by atoms with van der Waals surface area (Å²) in [5, 5.41) is 12.3. The predicted molar refractivity (Wildman–Crippen MR) is 89.2 cm³/mol. The van der Waals surface area contributed by atoms with Gasteiger partial charge in [0.15, 0.2) is 0 Å². The third-order valence-corrected chi connectivity index (χ3v) is 4.80. The minimum Gasteiger partial charge on any atom is -0.396 e. The van der Waals surface area contributed by atoms with Gasteiger partial charge in [0, 0.05) is 6.61 Å². The summed E-state index contributed by atoms with van der Waals surface area (Å²) in [5.74, 6) is 1.63. The van der Waals surface area contributed by atoms with E-state index in [1.54, 1.807) is 11.8 Å². The number of primary amides is 1. The maximum atomic E-state index is 12.1. The summed E-state index contributed by atoms with van der Waals surface area (Å²) in [6.45, 7) is 4.85. The molecule has 0 aliphatic heterocycles. The molecular formula is C16H26N2O2S. The molecule has 5 heteroatoms. The van der Waals surface area contributed by atoms with Crippen LogP contribution in [0.3, 0.4) is 0 Å². The summed E-state index contributed by atoms with van der Waals surface area (Å²) in [6, 6.07) is 9.65. The summed E-state index contributed by atoms with van der Waals surface area (Å²) in [7, 11) is 0. The van der Waals surface area contributed by atoms with E-state index in [4.69, 9.17) is 10.8 Å². The largest absolute Gasteiger partial charge is 0.396 e. The third-order valence-electron chi connectivity index (χ3n) is 3.50. The number of likely N-dealkylation sites (N-methyl/N-ethyl adjacent to an activating group) is 1. The van der Waals surface area contributed by atoms with E-state index in [2.05, 4.69) is 5.32 Å². The number of amides is 1. The van der Waals surface area contributed by atoms with Gasteiger partial charge in [-0.15, -0.1) is 0 Å². The Hall–Kier alpha value is -1.04. The molecule has 1 rings (SSSR count). The second kappa shape index (κ2) is 9.07. The monoisotopic (exact) mass is 310 g/mol. The highest BCUT2D eigenvalue weighted by Crippen LogP contribution is 2.27. The van der Waals surface area contributed by atoms with Crippen LogP contribution in [0.15, 0.2) is 30.3 Å². The Kier molecular flexibility index (Phi) is 7.78. The van der Waals surface area contributed by atoms with Gasteiger partial charge in [-0.3, -0.25) is 10.1 Å². The lowest BCUT2D eigenvalue weighted by molar-refractivity contribution is -0.124. The zero-order chi connectivity index (χ0) is 15.7. The van der Waals surface area contributed by atoms with Gasteiger partial charge in [-0.05, 0) is 36.0 Å². The molecule has 0 aromatic heterocycles. The van der Waals surface area contributed by atoms with Gasteiger partial charge in [0.2, 0.25) is 5.91 Å². The Labute approximate surface area is 131 Å². The van der Waals surface area contributed by atoms with Gasteiger partial charge in [-0.2, -0.15) is 11.8 Å². The first-order valence-corrected chi connectivity index (χ1v) is 8.51. The summed E-state index contributed by atoms with van der Waals surface area (Å²) in [6.07, 6.45) is 0.642. The standard InChI is InChI=1S/C16H26N2O2S/c1-3-18-16(15(17)20,14-7-5-4-6-8-14)9-10-21-12-13(2)11-19/h4-8,13,18-19H,3,9-12H2,1-2H3,(H2,17,20). The Morgan fingerprint density at radius 3 is 2.62 bits per heavy atom. The molecule has 4 N–H and O–H groups in total. The lowest BCUT2D eigenvalue weighted by Crippen LogP contribution is -2.53. The first kappa shape index (κ1) is 18.0. The van der Waals surface area contributed by atoms with Crippen LogP contribution in [0, 0.1) is 5.92 Å². The topological polar surface area (TPSA) is 75.3 Å². The van der Waals surface area contributed by atoms with E-state index in [9.17, 15) is 4.79 Å². The van der Waals surface area contributed by atoms with Crippen molar-refractivity contribution in [1.82, 2.24) is 5.32 Å². The molecule has 0 spiro atoms. The number of hydrogen-bond acceptors (Lipinski definition) is 4. The maximum absolute atomic E-state index is 12.1. The van der Waals surface area contributed by atoms with Crippen molar-refractivity contribution in [3.05, 3.63) is 35.9 Å². The summed E-state index contributed by atoms with van der Waals surface area (Å²) >= 11 is 1.74. The second-order valence-electron chi connectivity index (χ2n) is 5.28. The average molecular weight is 310 g/mol. The highest BCUT2D eigenvalue weighted by molar-refractivity contribution is 7.99. The van der Waals surface area contributed by atoms with Crippen molar-refractivity contribution < 1.29 is 9.90 Å². The van der Waals surface area contributed by atoms with Crippen molar-refractivity contribution in [3.63, 3.8) is 0 Å². The molecule has 0 heterocycles. The number of rotatable bonds is 10. The Morgan fingerprint density at radius 1 is 1.43 bits per heavy atom. The lowest BCUT2D eigenvalue weighted by atomic mass is 9.86. The quantitative estimate of drug-likeness (QED) is 0.575. The van der Waals surface area contributed by atoms with Crippen LogP contribution in [-0.4, -0.2) is 35.7 Å². The fourth-order valence-electron chi connectivity index (χ4n) is 2.27. The number of nitrogens with two attached hydrogens (primary N) is 1. The summed E-state index contributed by atoms with van der Waals surface area (Å²) < 4.78 is 0. The van der Waals surface area contributed by atoms with Crippen molar-refractivity contribution in [1.29, 1.82) is 0 Å². The van der Waals surface area contributed by atoms with Gasteiger partial charge in [0.1, 0.15) is 5.54 Å². The maximum Gasteiger partial charge on any atom is 0.242 e. The van der Waals surface area contributed by atoms with Crippen molar-refractivity contribution >= 4 is 17.7 Å². The molecule has 0 saturated carbocycles. The van der Waals surface area contributed by atoms with E-state index < -0.39 is 5.54 Å². The van der Waals surface area contributed by atoms with Crippen molar-refractivity contribution in [3.8, 4) is 0 Å². The van der Waals surface area contributed by atoms with Crippen LogP contribution < -0.4 is 11.1 Å². The number of aliphatic hydroxyl groups is 1. The van der Waals surface area contributed by atoms with E-state index in [-0.39, 0.29) is 18.4 Å². The van der Waals surface area contributed by atoms with Crippen molar-refractivity contribution in [2.24, 2.45) is 11.7 Å². The number of hydrogen-bond donors (Lipinski definition) is 3. The molecule has 118 valence electrons. The number of benzene rings is 1. The molecule has 1 amide bonds. The molecular weight excluding hydrogens is 284 g/mol. The van der Waals surface area contributed by atoms with Gasteiger partial charge >= 0.3 is 0 Å². The minimum absolute atomic E-state index is 0.194. The van der Waals surface area contributed by atoms with Gasteiger partial charge < -0.3 is 10.8 Å². The van der Waals surface area contributed by atoms with Crippen molar-refractivity contribution in [2.45, 2.75) is 25.8 Å². The van der Waals surface area contributed by atoms with E-state index in [0.29, 0.717) is 13.0 Å². The predicted octanol–water partition coefficient (Wildman–Crippen LogP) is 1.73. The zero-order valence-electron chi connectivity index (χ0n) is 12.8. The lowest BCUT2D eigenvalue weighted by Gasteiger charge is -2.32. The van der Waals surface area contributed by atoms with Crippen LogP contribution in [0.4, 0.5) is 0 Å². The Morgan fingerprint density at radius 2 is 2.10 bits per heavy atom. The number of aliphatic hydroxyl groups excluding tert-OH is 1. The molecule has 0 radical (unpaired) electrons. The number of nitrogens with one attached hydrogen (secondary N) is 1. The molecule has 2 unspecified atom stereocenters. The Bertz CT molecular complexity index is 428. The van der Waals surface area contributed by atoms with E-state index in [1.807, 2.05) is 44.2 Å². The first-order chi connectivity index (χ1) is 10.1. The summed E-state index contributed by atoms with van der Waals surface area (Å²) in [5.41, 5.74) is 5.81. The minimum atomic E-state index is -0.814. The number of carbonyl (C=O) groups is 1. The Balaban J connectivity index is 2.80. The van der Waals surface area contributed by atoms with Crippen LogP contribution in [0.5, 0.6) is 0 Å². The molecule has 0 aliphatic rings. The molecule has 1 aromatic carbocycles. The fraction of sp³-hybridized carbons (Fsp3) is 0.562. The highest BCUT2D eigenvalue weighted by Gasteiger charge is 2.37. The molecule has 0 bridgehead atoms.